The first-order valence-corrected chi connectivity index (χ1v) is 5.63. The van der Waals surface area contributed by atoms with E-state index in [1.165, 1.54) is 6.07 Å². The largest absolute Gasteiger partial charge is 0.507 e. The van der Waals surface area contributed by atoms with Gasteiger partial charge in [-0.3, -0.25) is 0 Å². The average molecular weight is 230 g/mol. The Balaban J connectivity index is 2.50. The van der Waals surface area contributed by atoms with Gasteiger partial charge in [-0.2, -0.15) is 0 Å². The highest BCUT2D eigenvalue weighted by Crippen LogP contribution is 2.24. The van der Waals surface area contributed by atoms with Crippen LogP contribution in [0.15, 0.2) is 45.6 Å². The third-order valence-electron chi connectivity index (χ3n) is 2.58. The lowest BCUT2D eigenvalue weighted by Crippen LogP contribution is -2.07. The van der Waals surface area contributed by atoms with Gasteiger partial charge in [-0.05, 0) is 6.42 Å². The van der Waals surface area contributed by atoms with E-state index >= 15 is 0 Å². The average Bonchev–Trinajstić information content (AvgIpc) is 2.35. The summed E-state index contributed by atoms with van der Waals surface area (Å²) in [5.74, 6) is 0.412. The SMILES string of the molecule is CCCc1c(O)cc(-c2ccccc2)oc1=O. The van der Waals surface area contributed by atoms with Gasteiger partial charge in [0.2, 0.25) is 0 Å². The van der Waals surface area contributed by atoms with Crippen LogP contribution in [0.5, 0.6) is 5.75 Å². The Labute approximate surface area is 99.3 Å². The Morgan fingerprint density at radius 1 is 1.24 bits per heavy atom. The third kappa shape index (κ3) is 2.38. The molecule has 1 heterocycles. The number of benzene rings is 1. The molecule has 88 valence electrons. The summed E-state index contributed by atoms with van der Waals surface area (Å²) in [7, 11) is 0. The van der Waals surface area contributed by atoms with Gasteiger partial charge in [-0.15, -0.1) is 0 Å². The van der Waals surface area contributed by atoms with E-state index < -0.39 is 5.63 Å². The maximum Gasteiger partial charge on any atom is 0.343 e. The molecule has 0 aliphatic rings. The molecular weight excluding hydrogens is 216 g/mol. The van der Waals surface area contributed by atoms with E-state index in [0.29, 0.717) is 17.7 Å². The van der Waals surface area contributed by atoms with Crippen molar-refractivity contribution < 1.29 is 9.52 Å². The quantitative estimate of drug-likeness (QED) is 0.881. The predicted octanol–water partition coefficient (Wildman–Crippen LogP) is 2.96. The van der Waals surface area contributed by atoms with Crippen LogP contribution in [0.4, 0.5) is 0 Å². The number of hydrogen-bond acceptors (Lipinski definition) is 3. The molecule has 0 atom stereocenters. The Morgan fingerprint density at radius 2 is 1.94 bits per heavy atom. The minimum absolute atomic E-state index is 0.0157. The van der Waals surface area contributed by atoms with Crippen LogP contribution in [0.1, 0.15) is 18.9 Å². The molecule has 1 aromatic heterocycles. The van der Waals surface area contributed by atoms with Crippen molar-refractivity contribution in [2.75, 3.05) is 0 Å². The summed E-state index contributed by atoms with van der Waals surface area (Å²) >= 11 is 0. The molecule has 3 heteroatoms. The first-order chi connectivity index (χ1) is 8.22. The summed E-state index contributed by atoms with van der Waals surface area (Å²) in [6, 6.07) is 10.8. The molecule has 3 nitrogen and oxygen atoms in total. The molecule has 1 N–H and O–H groups in total. The Kier molecular flexibility index (Phi) is 3.28. The third-order valence-corrected chi connectivity index (χ3v) is 2.58. The minimum atomic E-state index is -0.453. The van der Waals surface area contributed by atoms with Crippen molar-refractivity contribution in [1.82, 2.24) is 0 Å². The lowest BCUT2D eigenvalue weighted by molar-refractivity contribution is 0.440. The van der Waals surface area contributed by atoms with Gasteiger partial charge in [0.25, 0.3) is 0 Å². The van der Waals surface area contributed by atoms with E-state index in [1.807, 2.05) is 37.3 Å². The van der Waals surface area contributed by atoms with Crippen LogP contribution in [0, 0.1) is 0 Å². The summed E-state index contributed by atoms with van der Waals surface area (Å²) in [6.07, 6.45) is 1.33. The van der Waals surface area contributed by atoms with Gasteiger partial charge in [-0.1, -0.05) is 43.7 Å². The summed E-state index contributed by atoms with van der Waals surface area (Å²) < 4.78 is 5.21. The highest BCUT2D eigenvalue weighted by Gasteiger charge is 2.11. The van der Waals surface area contributed by atoms with Gasteiger partial charge >= 0.3 is 5.63 Å². The van der Waals surface area contributed by atoms with Gasteiger partial charge in [0.15, 0.2) is 0 Å². The number of rotatable bonds is 3. The fourth-order valence-corrected chi connectivity index (χ4v) is 1.73. The molecule has 0 radical (unpaired) electrons. The molecule has 0 spiro atoms. The summed E-state index contributed by atoms with van der Waals surface area (Å²) in [5.41, 5.74) is 0.681. The summed E-state index contributed by atoms with van der Waals surface area (Å²) in [5, 5.41) is 9.80. The van der Waals surface area contributed by atoms with Gasteiger partial charge in [0.05, 0.1) is 5.56 Å². The molecule has 0 unspecified atom stereocenters. The van der Waals surface area contributed by atoms with Crippen molar-refractivity contribution in [3.05, 3.63) is 52.4 Å². The molecule has 0 saturated heterocycles. The van der Waals surface area contributed by atoms with Crippen LogP contribution in [0.2, 0.25) is 0 Å². The number of aromatic hydroxyl groups is 1. The second-order valence-corrected chi connectivity index (χ2v) is 3.88. The van der Waals surface area contributed by atoms with Crippen LogP contribution in [-0.2, 0) is 6.42 Å². The fraction of sp³-hybridized carbons (Fsp3) is 0.214. The van der Waals surface area contributed by atoms with Gasteiger partial charge in [0, 0.05) is 11.6 Å². The molecule has 2 rings (SSSR count). The van der Waals surface area contributed by atoms with Crippen LogP contribution in [0.25, 0.3) is 11.3 Å². The zero-order valence-corrected chi connectivity index (χ0v) is 9.64. The summed E-state index contributed by atoms with van der Waals surface area (Å²) in [4.78, 5) is 11.7. The Bertz CT molecular complexity index is 555. The van der Waals surface area contributed by atoms with E-state index in [1.54, 1.807) is 0 Å². The van der Waals surface area contributed by atoms with E-state index in [2.05, 4.69) is 0 Å². The van der Waals surface area contributed by atoms with Crippen molar-refractivity contribution in [3.63, 3.8) is 0 Å². The molecule has 0 amide bonds. The molecule has 0 saturated carbocycles. The molecule has 0 fully saturated rings. The fourth-order valence-electron chi connectivity index (χ4n) is 1.73. The first-order valence-electron chi connectivity index (χ1n) is 5.63. The topological polar surface area (TPSA) is 50.4 Å². The molecule has 17 heavy (non-hydrogen) atoms. The van der Waals surface area contributed by atoms with Crippen molar-refractivity contribution in [2.45, 2.75) is 19.8 Å². The summed E-state index contributed by atoms with van der Waals surface area (Å²) in [6.45, 7) is 1.95. The molecule has 0 bridgehead atoms. The van der Waals surface area contributed by atoms with Crippen molar-refractivity contribution in [2.24, 2.45) is 0 Å². The number of hydrogen-bond donors (Lipinski definition) is 1. The minimum Gasteiger partial charge on any atom is -0.507 e. The van der Waals surface area contributed by atoms with Crippen LogP contribution in [-0.4, -0.2) is 5.11 Å². The molecule has 2 aromatic rings. The Morgan fingerprint density at radius 3 is 2.53 bits per heavy atom. The highest BCUT2D eigenvalue weighted by molar-refractivity contribution is 5.58. The van der Waals surface area contributed by atoms with Gasteiger partial charge in [-0.25, -0.2) is 4.79 Å². The maximum absolute atomic E-state index is 11.7. The molecule has 0 aliphatic carbocycles. The lowest BCUT2D eigenvalue weighted by atomic mass is 10.1. The van der Waals surface area contributed by atoms with Crippen molar-refractivity contribution in [1.29, 1.82) is 0 Å². The second-order valence-electron chi connectivity index (χ2n) is 3.88. The highest BCUT2D eigenvalue weighted by atomic mass is 16.4. The van der Waals surface area contributed by atoms with Crippen LogP contribution >= 0.6 is 0 Å². The second kappa shape index (κ2) is 4.87. The molecule has 1 aromatic carbocycles. The smallest absolute Gasteiger partial charge is 0.343 e. The van der Waals surface area contributed by atoms with Crippen molar-refractivity contribution in [3.8, 4) is 17.1 Å². The van der Waals surface area contributed by atoms with Crippen LogP contribution in [0.3, 0.4) is 0 Å². The van der Waals surface area contributed by atoms with Gasteiger partial charge < -0.3 is 9.52 Å². The standard InChI is InChI=1S/C14H14O3/c1-2-6-11-12(15)9-13(17-14(11)16)10-7-4-3-5-8-10/h3-5,7-9,15H,2,6H2,1H3. The maximum atomic E-state index is 11.7. The van der Waals surface area contributed by atoms with E-state index in [-0.39, 0.29) is 5.75 Å². The first kappa shape index (κ1) is 11.5. The Hall–Kier alpha value is -2.03. The van der Waals surface area contributed by atoms with E-state index in [4.69, 9.17) is 4.42 Å². The monoisotopic (exact) mass is 230 g/mol. The normalized spacial score (nSPS) is 10.4. The van der Waals surface area contributed by atoms with Crippen molar-refractivity contribution >= 4 is 0 Å². The van der Waals surface area contributed by atoms with Crippen LogP contribution < -0.4 is 5.63 Å². The van der Waals surface area contributed by atoms with E-state index in [9.17, 15) is 9.90 Å². The zero-order valence-electron chi connectivity index (χ0n) is 9.64. The van der Waals surface area contributed by atoms with Gasteiger partial charge in [0.1, 0.15) is 11.5 Å². The van der Waals surface area contributed by atoms with E-state index in [0.717, 1.165) is 12.0 Å². The molecular formula is C14H14O3. The molecule has 0 aliphatic heterocycles. The zero-order chi connectivity index (χ0) is 12.3. The lowest BCUT2D eigenvalue weighted by Gasteiger charge is -2.04. The predicted molar refractivity (Wildman–Crippen MR) is 66.1 cm³/mol.